The Hall–Kier alpha value is -2.13. The molecule has 1 aromatic carbocycles. The second-order valence-corrected chi connectivity index (χ2v) is 4.08. The zero-order valence-corrected chi connectivity index (χ0v) is 11.0. The maximum Gasteiger partial charge on any atom is 0.126 e. The quantitative estimate of drug-likeness (QED) is 0.805. The van der Waals surface area contributed by atoms with Crippen molar-refractivity contribution in [2.24, 2.45) is 0 Å². The number of nitrogens with one attached hydrogen (secondary N) is 1. The highest BCUT2D eigenvalue weighted by Crippen LogP contribution is 2.20. The van der Waals surface area contributed by atoms with Crippen molar-refractivity contribution in [1.82, 2.24) is 10.3 Å². The van der Waals surface area contributed by atoms with E-state index in [9.17, 15) is 0 Å². The summed E-state index contributed by atoms with van der Waals surface area (Å²) in [4.78, 5) is 4.26. The minimum atomic E-state index is 0.658. The summed E-state index contributed by atoms with van der Waals surface area (Å²) >= 11 is 0. The van der Waals surface area contributed by atoms with E-state index in [0.29, 0.717) is 6.61 Å². The lowest BCUT2D eigenvalue weighted by atomic mass is 10.1. The molecule has 0 spiro atoms. The third kappa shape index (κ3) is 4.23. The molecule has 0 bridgehead atoms. The van der Waals surface area contributed by atoms with Gasteiger partial charge in [0.15, 0.2) is 0 Å². The fourth-order valence-electron chi connectivity index (χ4n) is 1.66. The molecule has 0 aliphatic carbocycles. The first-order valence-corrected chi connectivity index (χ1v) is 6.35. The highest BCUT2D eigenvalue weighted by molar-refractivity contribution is 5.71. The predicted molar refractivity (Wildman–Crippen MR) is 79.0 cm³/mol. The van der Waals surface area contributed by atoms with Gasteiger partial charge in [-0.1, -0.05) is 24.3 Å². The molecule has 98 valence electrons. The summed E-state index contributed by atoms with van der Waals surface area (Å²) in [6.45, 7) is 1.49. The fraction of sp³-hybridized carbons (Fsp3) is 0.188. The maximum atomic E-state index is 5.73. The van der Waals surface area contributed by atoms with E-state index < -0.39 is 0 Å². The van der Waals surface area contributed by atoms with Crippen LogP contribution in [0, 0.1) is 0 Å². The Kier molecular flexibility index (Phi) is 5.14. The summed E-state index contributed by atoms with van der Waals surface area (Å²) in [5.41, 5.74) is 2.00. The van der Waals surface area contributed by atoms with Crippen molar-refractivity contribution in [2.45, 2.75) is 0 Å². The van der Waals surface area contributed by atoms with E-state index in [2.05, 4.69) is 10.3 Å². The van der Waals surface area contributed by atoms with Gasteiger partial charge < -0.3 is 10.1 Å². The van der Waals surface area contributed by atoms with Crippen LogP contribution in [0.3, 0.4) is 0 Å². The molecule has 1 heterocycles. The molecule has 3 heteroatoms. The van der Waals surface area contributed by atoms with Crippen LogP contribution < -0.4 is 10.1 Å². The molecular formula is C16H18N2O. The molecule has 2 aromatic rings. The first-order chi connectivity index (χ1) is 9.40. The summed E-state index contributed by atoms with van der Waals surface area (Å²) in [7, 11) is 1.91. The number of pyridine rings is 1. The number of rotatable bonds is 6. The van der Waals surface area contributed by atoms with Gasteiger partial charge >= 0.3 is 0 Å². The molecule has 0 saturated carbocycles. The average molecular weight is 254 g/mol. The summed E-state index contributed by atoms with van der Waals surface area (Å²) in [6.07, 6.45) is 5.80. The monoisotopic (exact) mass is 254 g/mol. The van der Waals surface area contributed by atoms with Gasteiger partial charge in [-0.05, 0) is 37.4 Å². The topological polar surface area (TPSA) is 34.1 Å². The van der Waals surface area contributed by atoms with Crippen LogP contribution in [0.15, 0.2) is 48.7 Å². The SMILES string of the molecule is CNCCOc1ccccc1/C=C/c1ccccn1. The molecule has 19 heavy (non-hydrogen) atoms. The van der Waals surface area contributed by atoms with Crippen molar-refractivity contribution in [3.05, 3.63) is 59.9 Å². The van der Waals surface area contributed by atoms with Crippen LogP contribution in [0.4, 0.5) is 0 Å². The number of nitrogens with zero attached hydrogens (tertiary/aromatic N) is 1. The molecule has 3 nitrogen and oxygen atoms in total. The zero-order valence-electron chi connectivity index (χ0n) is 11.0. The first-order valence-electron chi connectivity index (χ1n) is 6.35. The van der Waals surface area contributed by atoms with Gasteiger partial charge in [0.2, 0.25) is 0 Å². The van der Waals surface area contributed by atoms with E-state index in [-0.39, 0.29) is 0 Å². The standard InChI is InChI=1S/C16H18N2O/c1-17-12-13-19-16-8-3-2-6-14(16)9-10-15-7-4-5-11-18-15/h2-11,17H,12-13H2,1H3/b10-9+. The number of benzene rings is 1. The van der Waals surface area contributed by atoms with Crippen molar-refractivity contribution < 1.29 is 4.74 Å². The fourth-order valence-corrected chi connectivity index (χ4v) is 1.66. The summed E-state index contributed by atoms with van der Waals surface area (Å²) in [5.74, 6) is 0.893. The van der Waals surface area contributed by atoms with Crippen LogP contribution in [0.1, 0.15) is 11.3 Å². The lowest BCUT2D eigenvalue weighted by molar-refractivity contribution is 0.318. The Labute approximate surface area is 114 Å². The first kappa shape index (κ1) is 13.3. The van der Waals surface area contributed by atoms with E-state index in [4.69, 9.17) is 4.74 Å². The van der Waals surface area contributed by atoms with Crippen LogP contribution in [0.5, 0.6) is 5.75 Å². The second-order valence-electron chi connectivity index (χ2n) is 4.08. The van der Waals surface area contributed by atoms with E-state index in [0.717, 1.165) is 23.6 Å². The third-order valence-electron chi connectivity index (χ3n) is 2.65. The molecule has 0 saturated heterocycles. The number of hydrogen-bond donors (Lipinski definition) is 1. The van der Waals surface area contributed by atoms with Crippen molar-refractivity contribution in [1.29, 1.82) is 0 Å². The van der Waals surface area contributed by atoms with Crippen LogP contribution >= 0.6 is 0 Å². The highest BCUT2D eigenvalue weighted by atomic mass is 16.5. The molecule has 2 rings (SSSR count). The Morgan fingerprint density at radius 3 is 2.74 bits per heavy atom. The predicted octanol–water partition coefficient (Wildman–Crippen LogP) is 2.85. The molecule has 0 amide bonds. The number of likely N-dealkylation sites (N-methyl/N-ethyl adjacent to an activating group) is 1. The van der Waals surface area contributed by atoms with Crippen molar-refractivity contribution in [3.63, 3.8) is 0 Å². The molecule has 0 fully saturated rings. The minimum Gasteiger partial charge on any atom is -0.492 e. The maximum absolute atomic E-state index is 5.73. The Morgan fingerprint density at radius 1 is 1.11 bits per heavy atom. The average Bonchev–Trinajstić information content (AvgIpc) is 2.48. The van der Waals surface area contributed by atoms with Crippen LogP contribution in [-0.4, -0.2) is 25.2 Å². The van der Waals surface area contributed by atoms with Crippen molar-refractivity contribution >= 4 is 12.2 Å². The van der Waals surface area contributed by atoms with Gasteiger partial charge in [-0.3, -0.25) is 4.98 Å². The molecule has 0 unspecified atom stereocenters. The van der Waals surface area contributed by atoms with Gasteiger partial charge in [0, 0.05) is 18.3 Å². The van der Waals surface area contributed by atoms with Gasteiger partial charge in [-0.15, -0.1) is 0 Å². The number of hydrogen-bond acceptors (Lipinski definition) is 3. The molecule has 1 aromatic heterocycles. The van der Waals surface area contributed by atoms with Gasteiger partial charge in [-0.25, -0.2) is 0 Å². The van der Waals surface area contributed by atoms with Gasteiger partial charge in [-0.2, -0.15) is 0 Å². The van der Waals surface area contributed by atoms with E-state index in [1.807, 2.05) is 61.7 Å². The molecule has 0 atom stereocenters. The third-order valence-corrected chi connectivity index (χ3v) is 2.65. The van der Waals surface area contributed by atoms with Gasteiger partial charge in [0.05, 0.1) is 5.69 Å². The Bertz CT molecular complexity index is 523. The molecule has 0 aliphatic heterocycles. The van der Waals surface area contributed by atoms with Crippen LogP contribution in [0.25, 0.3) is 12.2 Å². The largest absolute Gasteiger partial charge is 0.492 e. The highest BCUT2D eigenvalue weighted by Gasteiger charge is 1.99. The van der Waals surface area contributed by atoms with Crippen LogP contribution in [-0.2, 0) is 0 Å². The minimum absolute atomic E-state index is 0.658. The molecule has 0 aliphatic rings. The lowest BCUT2D eigenvalue weighted by Gasteiger charge is -2.08. The van der Waals surface area contributed by atoms with Crippen molar-refractivity contribution in [2.75, 3.05) is 20.2 Å². The smallest absolute Gasteiger partial charge is 0.126 e. The van der Waals surface area contributed by atoms with Crippen LogP contribution in [0.2, 0.25) is 0 Å². The normalized spacial score (nSPS) is 10.8. The Balaban J connectivity index is 2.09. The second kappa shape index (κ2) is 7.34. The number of para-hydroxylation sites is 1. The van der Waals surface area contributed by atoms with Gasteiger partial charge in [0.1, 0.15) is 12.4 Å². The zero-order chi connectivity index (χ0) is 13.3. The summed E-state index contributed by atoms with van der Waals surface area (Å²) < 4.78 is 5.73. The van der Waals surface area contributed by atoms with E-state index >= 15 is 0 Å². The lowest BCUT2D eigenvalue weighted by Crippen LogP contribution is -2.16. The van der Waals surface area contributed by atoms with Gasteiger partial charge in [0.25, 0.3) is 0 Å². The van der Waals surface area contributed by atoms with E-state index in [1.165, 1.54) is 0 Å². The van der Waals surface area contributed by atoms with Crippen molar-refractivity contribution in [3.8, 4) is 5.75 Å². The summed E-state index contributed by atoms with van der Waals surface area (Å²) in [5, 5.41) is 3.06. The number of aromatic nitrogens is 1. The Morgan fingerprint density at radius 2 is 1.95 bits per heavy atom. The van der Waals surface area contributed by atoms with E-state index in [1.54, 1.807) is 6.20 Å². The molecule has 1 N–H and O–H groups in total. The molecular weight excluding hydrogens is 236 g/mol. The molecule has 0 radical (unpaired) electrons. The summed E-state index contributed by atoms with van der Waals surface area (Å²) in [6, 6.07) is 13.9. The number of ether oxygens (including phenoxy) is 1.